The Bertz CT molecular complexity index is 794. The first-order valence-corrected chi connectivity index (χ1v) is 9.70. The zero-order valence-electron chi connectivity index (χ0n) is 15.4. The number of hydrogen-bond donors (Lipinski definition) is 0. The summed E-state index contributed by atoms with van der Waals surface area (Å²) < 4.78 is 0. The second-order valence-electron chi connectivity index (χ2n) is 6.85. The van der Waals surface area contributed by atoms with Crippen LogP contribution in [0.2, 0.25) is 10.0 Å². The van der Waals surface area contributed by atoms with Crippen LogP contribution in [0.3, 0.4) is 0 Å². The number of halogens is 2. The van der Waals surface area contributed by atoms with Gasteiger partial charge in [0, 0.05) is 37.3 Å². The molecule has 0 bridgehead atoms. The number of amides is 1. The first-order valence-electron chi connectivity index (χ1n) is 8.94. The summed E-state index contributed by atoms with van der Waals surface area (Å²) in [5.74, 6) is -0.0297. The van der Waals surface area contributed by atoms with Gasteiger partial charge in [0.05, 0.1) is 10.0 Å². The molecule has 2 atom stereocenters. The van der Waals surface area contributed by atoms with Crippen LogP contribution in [-0.4, -0.2) is 24.4 Å². The van der Waals surface area contributed by atoms with Gasteiger partial charge in [0.2, 0.25) is 5.91 Å². The summed E-state index contributed by atoms with van der Waals surface area (Å²) >= 11 is 12.9. The van der Waals surface area contributed by atoms with Gasteiger partial charge in [0.1, 0.15) is 0 Å². The fraction of sp³-hybridized carbons (Fsp3) is 0.381. The number of carbonyl (C=O) groups excluding carboxylic acids is 1. The Hall–Kier alpha value is -1.55. The Labute approximate surface area is 165 Å². The van der Waals surface area contributed by atoms with Crippen molar-refractivity contribution in [3.8, 4) is 0 Å². The van der Waals surface area contributed by atoms with Crippen LogP contribution < -0.4 is 4.90 Å². The van der Waals surface area contributed by atoms with Gasteiger partial charge in [0.15, 0.2) is 0 Å². The van der Waals surface area contributed by atoms with Crippen LogP contribution in [0.4, 0.5) is 5.69 Å². The molecule has 2 aromatic carbocycles. The quantitative estimate of drug-likeness (QED) is 0.650. The van der Waals surface area contributed by atoms with Crippen molar-refractivity contribution >= 4 is 34.8 Å². The molecule has 0 saturated carbocycles. The van der Waals surface area contributed by atoms with Gasteiger partial charge >= 0.3 is 0 Å². The van der Waals surface area contributed by atoms with E-state index in [0.717, 1.165) is 30.6 Å². The third-order valence-corrected chi connectivity index (χ3v) is 6.16. The highest BCUT2D eigenvalue weighted by Gasteiger charge is 2.33. The van der Waals surface area contributed by atoms with Gasteiger partial charge in [-0.3, -0.25) is 9.69 Å². The second-order valence-corrected chi connectivity index (χ2v) is 7.64. The summed E-state index contributed by atoms with van der Waals surface area (Å²) in [7, 11) is 1.77. The van der Waals surface area contributed by atoms with Crippen molar-refractivity contribution in [1.82, 2.24) is 4.90 Å². The van der Waals surface area contributed by atoms with E-state index in [2.05, 4.69) is 36.1 Å². The fourth-order valence-electron chi connectivity index (χ4n) is 3.87. The van der Waals surface area contributed by atoms with Crippen LogP contribution in [0.25, 0.3) is 0 Å². The summed E-state index contributed by atoms with van der Waals surface area (Å²) in [6.45, 7) is 4.70. The number of carbonyl (C=O) groups is 1. The molecule has 1 fully saturated rings. The average molecular weight is 391 g/mol. The van der Waals surface area contributed by atoms with Crippen molar-refractivity contribution in [3.05, 3.63) is 63.6 Å². The predicted molar refractivity (Wildman–Crippen MR) is 109 cm³/mol. The van der Waals surface area contributed by atoms with Crippen molar-refractivity contribution in [1.29, 1.82) is 0 Å². The van der Waals surface area contributed by atoms with Crippen LogP contribution >= 0.6 is 23.2 Å². The average Bonchev–Trinajstić information content (AvgIpc) is 3.13. The number of nitrogens with zero attached hydrogens (tertiary/aromatic N) is 2. The van der Waals surface area contributed by atoms with Crippen molar-refractivity contribution in [2.24, 2.45) is 0 Å². The summed E-state index contributed by atoms with van der Waals surface area (Å²) in [5.41, 5.74) is 3.05. The zero-order chi connectivity index (χ0) is 18.8. The van der Waals surface area contributed by atoms with Gasteiger partial charge in [-0.2, -0.15) is 0 Å². The summed E-state index contributed by atoms with van der Waals surface area (Å²) in [6, 6.07) is 14.6. The minimum Gasteiger partial charge on any atom is -0.315 e. The maximum Gasteiger partial charge on any atom is 0.223 e. The molecule has 2 unspecified atom stereocenters. The third kappa shape index (κ3) is 3.62. The third-order valence-electron chi connectivity index (χ3n) is 5.34. The molecule has 3 rings (SSSR count). The van der Waals surface area contributed by atoms with Gasteiger partial charge in [0.25, 0.3) is 0 Å². The molecule has 26 heavy (non-hydrogen) atoms. The molecule has 0 N–H and O–H groups in total. The van der Waals surface area contributed by atoms with E-state index in [0.29, 0.717) is 16.1 Å². The van der Waals surface area contributed by atoms with Crippen molar-refractivity contribution < 1.29 is 4.79 Å². The molecule has 0 aliphatic carbocycles. The van der Waals surface area contributed by atoms with E-state index >= 15 is 0 Å². The maximum absolute atomic E-state index is 12.0. The Morgan fingerprint density at radius 3 is 2.54 bits per heavy atom. The minimum absolute atomic E-state index is 0.0297. The smallest absolute Gasteiger partial charge is 0.223 e. The molecule has 1 saturated heterocycles. The van der Waals surface area contributed by atoms with Gasteiger partial charge in [-0.25, -0.2) is 0 Å². The molecule has 5 heteroatoms. The number of benzene rings is 2. The lowest BCUT2D eigenvalue weighted by Gasteiger charge is -2.34. The first-order chi connectivity index (χ1) is 12.4. The van der Waals surface area contributed by atoms with E-state index in [1.165, 1.54) is 5.56 Å². The van der Waals surface area contributed by atoms with Crippen molar-refractivity contribution in [2.45, 2.75) is 38.8 Å². The van der Waals surface area contributed by atoms with E-state index in [1.807, 2.05) is 12.1 Å². The van der Waals surface area contributed by atoms with Gasteiger partial charge < -0.3 is 4.90 Å². The molecule has 1 aliphatic heterocycles. The van der Waals surface area contributed by atoms with Crippen LogP contribution in [0, 0.1) is 0 Å². The van der Waals surface area contributed by atoms with E-state index in [9.17, 15) is 4.79 Å². The van der Waals surface area contributed by atoms with Crippen LogP contribution in [0.1, 0.15) is 49.9 Å². The molecule has 0 aromatic heterocycles. The highest BCUT2D eigenvalue weighted by Crippen LogP contribution is 2.44. The molecule has 3 nitrogen and oxygen atoms in total. The van der Waals surface area contributed by atoms with Crippen molar-refractivity contribution in [3.63, 3.8) is 0 Å². The second kappa shape index (κ2) is 7.99. The highest BCUT2D eigenvalue weighted by atomic mass is 35.5. The molecule has 0 radical (unpaired) electrons. The molecule has 2 aromatic rings. The van der Waals surface area contributed by atoms with Gasteiger partial charge in [-0.15, -0.1) is 0 Å². The number of anilines is 1. The molecule has 138 valence electrons. The topological polar surface area (TPSA) is 23.6 Å². The van der Waals surface area contributed by atoms with Gasteiger partial charge in [-0.05, 0) is 44.0 Å². The molecule has 1 amide bonds. The zero-order valence-corrected chi connectivity index (χ0v) is 16.9. The lowest BCUT2D eigenvalue weighted by atomic mass is 9.99. The molecule has 1 heterocycles. The highest BCUT2D eigenvalue weighted by molar-refractivity contribution is 6.42. The molecular weight excluding hydrogens is 367 g/mol. The molecular formula is C21H24Cl2N2O. The molecule has 0 spiro atoms. The van der Waals surface area contributed by atoms with Crippen molar-refractivity contribution in [2.75, 3.05) is 18.5 Å². The lowest BCUT2D eigenvalue weighted by Crippen LogP contribution is -2.30. The number of rotatable bonds is 4. The van der Waals surface area contributed by atoms with Crippen LogP contribution in [0.5, 0.6) is 0 Å². The summed E-state index contributed by atoms with van der Waals surface area (Å²) in [4.78, 5) is 16.1. The Morgan fingerprint density at radius 1 is 1.19 bits per heavy atom. The number of likely N-dealkylation sites (tertiary alicyclic amines) is 1. The van der Waals surface area contributed by atoms with E-state index in [1.54, 1.807) is 24.9 Å². The summed E-state index contributed by atoms with van der Waals surface area (Å²) in [6.07, 6.45) is 2.25. The predicted octanol–water partition coefficient (Wildman–Crippen LogP) is 5.87. The Balaban J connectivity index is 2.02. The van der Waals surface area contributed by atoms with E-state index < -0.39 is 0 Å². The maximum atomic E-state index is 12.0. The SMILES string of the molecule is CC(=O)N(C)c1ccc(Cl)c(Cl)c1C(C)N1CCCC1c1ccccc1. The van der Waals surface area contributed by atoms with E-state index in [4.69, 9.17) is 23.2 Å². The molecule has 1 aliphatic rings. The first kappa shape index (κ1) is 19.2. The minimum atomic E-state index is -0.0297. The fourth-order valence-corrected chi connectivity index (χ4v) is 4.35. The summed E-state index contributed by atoms with van der Waals surface area (Å²) in [5, 5.41) is 1.05. The number of hydrogen-bond acceptors (Lipinski definition) is 2. The standard InChI is InChI=1S/C21H24Cl2N2O/c1-14(25-13-7-10-18(25)16-8-5-4-6-9-16)20-19(24(3)15(2)26)12-11-17(22)21(20)23/h4-6,8-9,11-12,14,18H,7,10,13H2,1-3H3. The Morgan fingerprint density at radius 2 is 1.88 bits per heavy atom. The monoisotopic (exact) mass is 390 g/mol. The van der Waals surface area contributed by atoms with Crippen LogP contribution in [0.15, 0.2) is 42.5 Å². The van der Waals surface area contributed by atoms with Crippen LogP contribution in [-0.2, 0) is 4.79 Å². The Kier molecular flexibility index (Phi) is 5.91. The lowest BCUT2D eigenvalue weighted by molar-refractivity contribution is -0.116. The normalized spacial score (nSPS) is 18.7. The largest absolute Gasteiger partial charge is 0.315 e. The van der Waals surface area contributed by atoms with Gasteiger partial charge in [-0.1, -0.05) is 53.5 Å². The van der Waals surface area contributed by atoms with E-state index in [-0.39, 0.29) is 11.9 Å².